The fraction of sp³-hybridized carbons (Fsp3) is 0.350. The summed E-state index contributed by atoms with van der Waals surface area (Å²) in [4.78, 5) is 12.2. The minimum Gasteiger partial charge on any atom is -0.493 e. The van der Waals surface area contributed by atoms with Gasteiger partial charge in [-0.1, -0.05) is 30.3 Å². The molecule has 0 radical (unpaired) electrons. The van der Waals surface area contributed by atoms with Gasteiger partial charge in [0, 0.05) is 19.6 Å². The molecule has 7 nitrogen and oxygen atoms in total. The van der Waals surface area contributed by atoms with E-state index < -0.39 is 20.5 Å². The van der Waals surface area contributed by atoms with Crippen LogP contribution in [0.15, 0.2) is 59.5 Å². The van der Waals surface area contributed by atoms with E-state index >= 15 is 0 Å². The number of sulfone groups is 1. The molecule has 0 bridgehead atoms. The van der Waals surface area contributed by atoms with Crippen LogP contribution in [0.4, 0.5) is 0 Å². The van der Waals surface area contributed by atoms with Crippen LogP contribution in [0.3, 0.4) is 0 Å². The molecule has 1 heterocycles. The Hall–Kier alpha value is -2.42. The van der Waals surface area contributed by atoms with Gasteiger partial charge in [0.1, 0.15) is 5.75 Å². The van der Waals surface area contributed by atoms with Crippen LogP contribution < -0.4 is 10.2 Å². The zero-order valence-corrected chi connectivity index (χ0v) is 16.2. The molecule has 0 spiro atoms. The molecule has 2 N–H and O–H groups in total. The minimum atomic E-state index is -4.02. The maximum Gasteiger partial charge on any atom is 0.265 e. The highest BCUT2D eigenvalue weighted by Gasteiger charge is 2.52. The minimum absolute atomic E-state index is 0.00779. The molecule has 1 aliphatic heterocycles. The smallest absolute Gasteiger partial charge is 0.265 e. The van der Waals surface area contributed by atoms with Crippen molar-refractivity contribution < 1.29 is 27.9 Å². The van der Waals surface area contributed by atoms with Crippen LogP contribution in [0.2, 0.25) is 0 Å². The summed E-state index contributed by atoms with van der Waals surface area (Å²) in [6.45, 7) is 0.727. The van der Waals surface area contributed by atoms with Crippen LogP contribution >= 0.6 is 0 Å². The third-order valence-corrected chi connectivity index (χ3v) is 7.48. The molecule has 1 fully saturated rings. The van der Waals surface area contributed by atoms with Crippen molar-refractivity contribution in [2.24, 2.45) is 0 Å². The van der Waals surface area contributed by atoms with Crippen LogP contribution in [0.5, 0.6) is 5.75 Å². The van der Waals surface area contributed by atoms with Gasteiger partial charge in [0.2, 0.25) is 0 Å². The summed E-state index contributed by atoms with van der Waals surface area (Å²) < 4.78 is 35.4. The lowest BCUT2D eigenvalue weighted by atomic mass is 9.98. The number of benzene rings is 2. The molecule has 2 aromatic carbocycles. The summed E-state index contributed by atoms with van der Waals surface area (Å²) in [6, 6.07) is 15.9. The fourth-order valence-corrected chi connectivity index (χ4v) is 5.23. The number of nitrogens with one attached hydrogen (secondary N) is 1. The van der Waals surface area contributed by atoms with Gasteiger partial charge in [0.05, 0.1) is 11.5 Å². The van der Waals surface area contributed by atoms with E-state index in [0.717, 1.165) is 12.0 Å². The van der Waals surface area contributed by atoms with Crippen molar-refractivity contribution in [3.05, 3.63) is 60.2 Å². The first-order chi connectivity index (χ1) is 13.5. The molecule has 0 aliphatic carbocycles. The average Bonchev–Trinajstić information content (AvgIpc) is 2.74. The fourth-order valence-electron chi connectivity index (χ4n) is 3.29. The average molecular weight is 405 g/mol. The van der Waals surface area contributed by atoms with Gasteiger partial charge in [-0.2, -0.15) is 0 Å². The third kappa shape index (κ3) is 4.04. The van der Waals surface area contributed by atoms with Crippen LogP contribution in [-0.2, 0) is 25.8 Å². The van der Waals surface area contributed by atoms with E-state index in [9.17, 15) is 13.2 Å². The Labute approximate surface area is 164 Å². The second-order valence-electron chi connectivity index (χ2n) is 6.61. The van der Waals surface area contributed by atoms with Crippen molar-refractivity contribution in [1.29, 1.82) is 0 Å². The van der Waals surface area contributed by atoms with Crippen molar-refractivity contribution in [2.75, 3.05) is 19.8 Å². The van der Waals surface area contributed by atoms with Crippen LogP contribution in [-0.4, -0.2) is 44.1 Å². The van der Waals surface area contributed by atoms with Gasteiger partial charge in [0.25, 0.3) is 5.91 Å². The first-order valence-corrected chi connectivity index (χ1v) is 10.5. The lowest BCUT2D eigenvalue weighted by molar-refractivity contribution is -0.134. The molecule has 2 aromatic rings. The van der Waals surface area contributed by atoms with Gasteiger partial charge < -0.3 is 9.47 Å². The quantitative estimate of drug-likeness (QED) is 0.541. The number of rotatable bonds is 7. The topological polar surface area (TPSA) is 102 Å². The van der Waals surface area contributed by atoms with Gasteiger partial charge in [-0.15, -0.1) is 0 Å². The van der Waals surface area contributed by atoms with Crippen LogP contribution in [0, 0.1) is 0 Å². The summed E-state index contributed by atoms with van der Waals surface area (Å²) in [5.41, 5.74) is 2.66. The number of hydrogen-bond donors (Lipinski definition) is 2. The Morgan fingerprint density at radius 1 is 1.07 bits per heavy atom. The molecular formula is C20H23NO6S. The highest BCUT2D eigenvalue weighted by atomic mass is 32.2. The second kappa shape index (κ2) is 8.72. The molecule has 1 saturated heterocycles. The van der Waals surface area contributed by atoms with Crippen molar-refractivity contribution in [1.82, 2.24) is 5.48 Å². The Kier molecular flexibility index (Phi) is 6.33. The Morgan fingerprint density at radius 3 is 2.32 bits per heavy atom. The standard InChI is InChI=1S/C20H23NO6S/c22-19(21-23)20(11-14-26-15-12-20)28(24,25)18-8-6-17(7-9-18)27-13-10-16-4-2-1-3-5-16/h1-9,23H,10-15H2,(H,21,22). The van der Waals surface area contributed by atoms with E-state index in [1.165, 1.54) is 17.6 Å². The van der Waals surface area contributed by atoms with E-state index in [1.54, 1.807) is 12.1 Å². The molecule has 1 amide bonds. The van der Waals surface area contributed by atoms with Crippen molar-refractivity contribution >= 4 is 15.7 Å². The van der Waals surface area contributed by atoms with Crippen LogP contribution in [0.1, 0.15) is 18.4 Å². The molecular weight excluding hydrogens is 382 g/mol. The van der Waals surface area contributed by atoms with E-state index in [2.05, 4.69) is 0 Å². The number of amides is 1. The molecule has 0 atom stereocenters. The molecule has 8 heteroatoms. The number of hydroxylamine groups is 1. The van der Waals surface area contributed by atoms with Gasteiger partial charge in [-0.25, -0.2) is 13.9 Å². The lowest BCUT2D eigenvalue weighted by Crippen LogP contribution is -2.54. The zero-order chi connectivity index (χ0) is 20.0. The highest BCUT2D eigenvalue weighted by Crippen LogP contribution is 2.35. The Morgan fingerprint density at radius 2 is 1.71 bits per heavy atom. The van der Waals surface area contributed by atoms with E-state index in [0.29, 0.717) is 12.4 Å². The predicted molar refractivity (Wildman–Crippen MR) is 102 cm³/mol. The third-order valence-electron chi connectivity index (χ3n) is 4.97. The number of carbonyl (C=O) groups excluding carboxylic acids is 1. The summed E-state index contributed by atoms with van der Waals surface area (Å²) in [7, 11) is -4.02. The highest BCUT2D eigenvalue weighted by molar-refractivity contribution is 7.93. The van der Waals surface area contributed by atoms with Gasteiger partial charge in [0.15, 0.2) is 14.6 Å². The monoisotopic (exact) mass is 405 g/mol. The Balaban J connectivity index is 1.73. The van der Waals surface area contributed by atoms with Gasteiger partial charge in [-0.05, 0) is 42.7 Å². The first-order valence-electron chi connectivity index (χ1n) is 9.03. The molecule has 1 aliphatic rings. The van der Waals surface area contributed by atoms with Gasteiger partial charge >= 0.3 is 0 Å². The molecule has 0 saturated carbocycles. The Bertz CT molecular complexity index is 890. The molecule has 0 unspecified atom stereocenters. The number of ether oxygens (including phenoxy) is 2. The molecule has 28 heavy (non-hydrogen) atoms. The maximum atomic E-state index is 13.2. The normalized spacial score (nSPS) is 16.3. The SMILES string of the molecule is O=C(NO)C1(S(=O)(=O)c2ccc(OCCc3ccccc3)cc2)CCOCC1. The van der Waals surface area contributed by atoms with E-state index in [4.69, 9.17) is 14.7 Å². The summed E-state index contributed by atoms with van der Waals surface area (Å²) >= 11 is 0. The van der Waals surface area contributed by atoms with Crippen molar-refractivity contribution in [3.63, 3.8) is 0 Å². The number of hydrogen-bond acceptors (Lipinski definition) is 6. The van der Waals surface area contributed by atoms with Crippen LogP contribution in [0.25, 0.3) is 0 Å². The first kappa shape index (κ1) is 20.3. The van der Waals surface area contributed by atoms with Crippen molar-refractivity contribution in [3.8, 4) is 5.75 Å². The molecule has 150 valence electrons. The predicted octanol–water partition coefficient (Wildman–Crippen LogP) is 2.14. The molecule has 3 rings (SSSR count). The summed E-state index contributed by atoms with van der Waals surface area (Å²) in [6.07, 6.45) is 0.703. The van der Waals surface area contributed by atoms with E-state index in [-0.39, 0.29) is 31.0 Å². The largest absolute Gasteiger partial charge is 0.493 e. The molecule has 0 aromatic heterocycles. The summed E-state index contributed by atoms with van der Waals surface area (Å²) in [5.74, 6) is -0.387. The van der Waals surface area contributed by atoms with E-state index in [1.807, 2.05) is 30.3 Å². The maximum absolute atomic E-state index is 13.2. The van der Waals surface area contributed by atoms with Gasteiger partial charge in [-0.3, -0.25) is 10.0 Å². The second-order valence-corrected chi connectivity index (χ2v) is 8.87. The zero-order valence-electron chi connectivity index (χ0n) is 15.3. The number of carbonyl (C=O) groups is 1. The lowest BCUT2D eigenvalue weighted by Gasteiger charge is -2.34. The van der Waals surface area contributed by atoms with Crippen molar-refractivity contribution in [2.45, 2.75) is 28.9 Å². The summed E-state index contributed by atoms with van der Waals surface area (Å²) in [5, 5.41) is 9.07.